The summed E-state index contributed by atoms with van der Waals surface area (Å²) < 4.78 is 10.8. The van der Waals surface area contributed by atoms with Gasteiger partial charge in [-0.15, -0.1) is 11.3 Å². The molecule has 0 radical (unpaired) electrons. The van der Waals surface area contributed by atoms with E-state index in [1.54, 1.807) is 7.11 Å². The van der Waals surface area contributed by atoms with Gasteiger partial charge in [-0.3, -0.25) is 9.59 Å². The van der Waals surface area contributed by atoms with Gasteiger partial charge in [0.25, 0.3) is 11.8 Å². The Morgan fingerprint density at radius 1 is 1.06 bits per heavy atom. The molecule has 2 aromatic carbocycles. The van der Waals surface area contributed by atoms with Crippen molar-refractivity contribution >= 4 is 50.0 Å². The summed E-state index contributed by atoms with van der Waals surface area (Å²) in [7, 11) is 1.60. The van der Waals surface area contributed by atoms with Crippen molar-refractivity contribution in [1.82, 2.24) is 10.3 Å². The molecule has 176 valence electrons. The van der Waals surface area contributed by atoms with Crippen LogP contribution in [0.3, 0.4) is 0 Å². The van der Waals surface area contributed by atoms with Gasteiger partial charge in [-0.05, 0) is 49.4 Å². The van der Waals surface area contributed by atoms with Crippen LogP contribution in [0.25, 0.3) is 21.8 Å². The number of methoxy groups -OCH3 is 1. The monoisotopic (exact) mass is 477 g/mol. The summed E-state index contributed by atoms with van der Waals surface area (Å²) in [5, 5.41) is 8.68. The molecule has 7 nitrogen and oxygen atoms in total. The predicted molar refractivity (Wildman–Crippen MR) is 135 cm³/mol. The van der Waals surface area contributed by atoms with Gasteiger partial charge < -0.3 is 25.1 Å². The Bertz CT molecular complexity index is 1360. The second-order valence-electron chi connectivity index (χ2n) is 8.38. The van der Waals surface area contributed by atoms with Gasteiger partial charge in [0.2, 0.25) is 0 Å². The smallest absolute Gasteiger partial charge is 0.262 e. The quantitative estimate of drug-likeness (QED) is 0.322. The number of carbonyl (C=O) groups excluding carboxylic acids is 2. The number of fused-ring (bicyclic) bond motifs is 4. The first-order valence-electron chi connectivity index (χ1n) is 11.5. The fourth-order valence-electron chi connectivity index (χ4n) is 4.48. The fourth-order valence-corrected chi connectivity index (χ4v) is 5.79. The van der Waals surface area contributed by atoms with Crippen LogP contribution >= 0.6 is 11.3 Å². The highest BCUT2D eigenvalue weighted by Crippen LogP contribution is 2.38. The molecule has 0 unspecified atom stereocenters. The van der Waals surface area contributed by atoms with Crippen LogP contribution < -0.4 is 15.4 Å². The second-order valence-corrected chi connectivity index (χ2v) is 9.48. The van der Waals surface area contributed by atoms with Crippen molar-refractivity contribution in [2.45, 2.75) is 25.7 Å². The second kappa shape index (κ2) is 9.87. The number of ether oxygens (including phenoxy) is 2. The van der Waals surface area contributed by atoms with Gasteiger partial charge in [-0.1, -0.05) is 18.2 Å². The van der Waals surface area contributed by atoms with Gasteiger partial charge in [0.15, 0.2) is 6.61 Å². The molecule has 8 heteroatoms. The third-order valence-corrected chi connectivity index (χ3v) is 7.30. The largest absolute Gasteiger partial charge is 0.484 e. The van der Waals surface area contributed by atoms with Crippen molar-refractivity contribution < 1.29 is 19.1 Å². The lowest BCUT2D eigenvalue weighted by atomic mass is 9.95. The Balaban J connectivity index is 1.29. The van der Waals surface area contributed by atoms with Crippen LogP contribution in [0.2, 0.25) is 0 Å². The highest BCUT2D eigenvalue weighted by atomic mass is 32.1. The zero-order valence-electron chi connectivity index (χ0n) is 19.0. The van der Waals surface area contributed by atoms with Crippen LogP contribution in [0.1, 0.15) is 33.6 Å². The number of carbonyl (C=O) groups is 2. The minimum absolute atomic E-state index is 0.140. The van der Waals surface area contributed by atoms with E-state index < -0.39 is 0 Å². The van der Waals surface area contributed by atoms with Crippen molar-refractivity contribution in [1.29, 1.82) is 0 Å². The molecule has 2 aromatic heterocycles. The number of aryl methyl sites for hydroxylation is 1. The van der Waals surface area contributed by atoms with Crippen LogP contribution in [0.4, 0.5) is 5.00 Å². The number of anilines is 1. The SMILES string of the molecule is COCCNC(=O)c1c(NC(=O)COc2ccc3c(c2)[nH]c2ccccc23)sc2c1CCCC2. The number of aromatic amines is 1. The zero-order valence-corrected chi connectivity index (χ0v) is 19.8. The molecule has 34 heavy (non-hydrogen) atoms. The standard InChI is InChI=1S/C26H27N3O4S/c1-32-13-12-27-25(31)24-19-7-3-5-9-22(19)34-26(24)29-23(30)15-33-16-10-11-18-17-6-2-4-8-20(17)28-21(18)14-16/h2,4,6,8,10-11,14,28H,3,5,7,9,12-13,15H2,1H3,(H,27,31)(H,29,30). The summed E-state index contributed by atoms with van der Waals surface area (Å²) in [4.78, 5) is 30.2. The summed E-state index contributed by atoms with van der Waals surface area (Å²) in [5.74, 6) is 0.149. The van der Waals surface area contributed by atoms with E-state index in [2.05, 4.69) is 21.7 Å². The van der Waals surface area contributed by atoms with Gasteiger partial charge >= 0.3 is 0 Å². The predicted octanol–water partition coefficient (Wildman–Crippen LogP) is 4.66. The van der Waals surface area contributed by atoms with Gasteiger partial charge in [-0.2, -0.15) is 0 Å². The van der Waals surface area contributed by atoms with Gasteiger partial charge in [-0.25, -0.2) is 0 Å². The Morgan fingerprint density at radius 2 is 1.88 bits per heavy atom. The average Bonchev–Trinajstić information content (AvgIpc) is 3.40. The van der Waals surface area contributed by atoms with E-state index in [0.29, 0.717) is 29.5 Å². The molecule has 2 heterocycles. The van der Waals surface area contributed by atoms with E-state index >= 15 is 0 Å². The fraction of sp³-hybridized carbons (Fsp3) is 0.308. The lowest BCUT2D eigenvalue weighted by Gasteiger charge is -2.13. The first-order chi connectivity index (χ1) is 16.6. The summed E-state index contributed by atoms with van der Waals surface area (Å²) in [5.41, 5.74) is 3.67. The minimum atomic E-state index is -0.290. The highest BCUT2D eigenvalue weighted by Gasteiger charge is 2.26. The third kappa shape index (κ3) is 4.51. The molecule has 5 rings (SSSR count). The van der Waals surface area contributed by atoms with Crippen LogP contribution in [0, 0.1) is 0 Å². The molecule has 0 saturated heterocycles. The van der Waals surface area contributed by atoms with Gasteiger partial charge in [0, 0.05) is 40.9 Å². The number of benzene rings is 2. The number of nitrogens with one attached hydrogen (secondary N) is 3. The summed E-state index contributed by atoms with van der Waals surface area (Å²) in [6, 6.07) is 13.9. The number of rotatable bonds is 8. The molecule has 0 fully saturated rings. The Labute approximate surface area is 201 Å². The molecular weight excluding hydrogens is 450 g/mol. The molecule has 1 aliphatic carbocycles. The van der Waals surface area contributed by atoms with Crippen molar-refractivity contribution in [3.8, 4) is 5.75 Å². The molecule has 4 aromatic rings. The molecule has 0 bridgehead atoms. The molecule has 1 aliphatic rings. The molecule has 0 atom stereocenters. The van der Waals surface area contributed by atoms with E-state index in [4.69, 9.17) is 9.47 Å². The maximum atomic E-state index is 12.9. The van der Waals surface area contributed by atoms with Crippen LogP contribution in [-0.4, -0.2) is 43.7 Å². The first kappa shape index (κ1) is 22.4. The maximum absolute atomic E-state index is 12.9. The number of thiophene rings is 1. The van der Waals surface area contributed by atoms with E-state index in [9.17, 15) is 9.59 Å². The van der Waals surface area contributed by atoms with E-state index in [-0.39, 0.29) is 18.4 Å². The van der Waals surface area contributed by atoms with Crippen molar-refractivity contribution in [2.24, 2.45) is 0 Å². The van der Waals surface area contributed by atoms with Crippen LogP contribution in [0.5, 0.6) is 5.75 Å². The molecule has 0 spiro atoms. The molecule has 3 N–H and O–H groups in total. The highest BCUT2D eigenvalue weighted by molar-refractivity contribution is 7.17. The molecule has 0 saturated carbocycles. The van der Waals surface area contributed by atoms with E-state index in [1.165, 1.54) is 16.2 Å². The van der Waals surface area contributed by atoms with Crippen LogP contribution in [-0.2, 0) is 22.4 Å². The Morgan fingerprint density at radius 3 is 2.76 bits per heavy atom. The normalized spacial score (nSPS) is 13.1. The number of hydrogen-bond donors (Lipinski definition) is 3. The summed E-state index contributed by atoms with van der Waals surface area (Å²) in [6.45, 7) is 0.722. The third-order valence-electron chi connectivity index (χ3n) is 6.09. The summed E-state index contributed by atoms with van der Waals surface area (Å²) >= 11 is 1.50. The minimum Gasteiger partial charge on any atom is -0.484 e. The number of para-hydroxylation sites is 1. The number of H-pyrrole nitrogens is 1. The van der Waals surface area contributed by atoms with Crippen molar-refractivity contribution in [2.75, 3.05) is 32.2 Å². The lowest BCUT2D eigenvalue weighted by molar-refractivity contribution is -0.118. The Kier molecular flexibility index (Phi) is 6.51. The molecule has 0 aliphatic heterocycles. The first-order valence-corrected chi connectivity index (χ1v) is 12.3. The van der Waals surface area contributed by atoms with Crippen molar-refractivity contribution in [3.63, 3.8) is 0 Å². The van der Waals surface area contributed by atoms with E-state index in [0.717, 1.165) is 53.1 Å². The number of hydrogen-bond acceptors (Lipinski definition) is 5. The number of aromatic nitrogens is 1. The van der Waals surface area contributed by atoms with Crippen molar-refractivity contribution in [3.05, 3.63) is 58.5 Å². The van der Waals surface area contributed by atoms with Gasteiger partial charge in [0.05, 0.1) is 17.7 Å². The maximum Gasteiger partial charge on any atom is 0.262 e. The zero-order chi connectivity index (χ0) is 23.5. The molecule has 2 amide bonds. The van der Waals surface area contributed by atoms with Gasteiger partial charge in [0.1, 0.15) is 10.8 Å². The lowest BCUT2D eigenvalue weighted by Crippen LogP contribution is -2.29. The Hall–Kier alpha value is -3.36. The number of amides is 2. The summed E-state index contributed by atoms with van der Waals surface area (Å²) in [6.07, 6.45) is 3.95. The van der Waals surface area contributed by atoms with Crippen LogP contribution in [0.15, 0.2) is 42.5 Å². The topological polar surface area (TPSA) is 92.5 Å². The molecular formula is C26H27N3O4S. The average molecular weight is 478 g/mol. The van der Waals surface area contributed by atoms with E-state index in [1.807, 2.05) is 36.4 Å².